The highest BCUT2D eigenvalue weighted by molar-refractivity contribution is 5.68. The Morgan fingerprint density at radius 1 is 1.41 bits per heavy atom. The summed E-state index contributed by atoms with van der Waals surface area (Å²) in [6, 6.07) is 0.481. The summed E-state index contributed by atoms with van der Waals surface area (Å²) in [4.78, 5) is 11.0. The van der Waals surface area contributed by atoms with Crippen LogP contribution in [0.4, 0.5) is 17.6 Å². The molecular weight excluding hydrogens is 280 g/mol. The second-order valence-corrected chi connectivity index (χ2v) is 6.50. The van der Waals surface area contributed by atoms with Gasteiger partial charge in [0.15, 0.2) is 11.6 Å². The molecule has 2 aliphatic rings. The van der Waals surface area contributed by atoms with Crippen LogP contribution in [-0.2, 0) is 0 Å². The quantitative estimate of drug-likeness (QED) is 0.765. The molecular formula is C15H26N6O. The highest BCUT2D eigenvalue weighted by atomic mass is 16.5. The molecule has 1 aromatic rings. The Labute approximate surface area is 131 Å². The van der Waals surface area contributed by atoms with Gasteiger partial charge >= 0.3 is 0 Å². The SMILES string of the molecule is CN[C@@H]1CCN(c2nc(N)nc3c2OCC(C(C)C)CN3)C1. The van der Waals surface area contributed by atoms with E-state index in [1.807, 2.05) is 7.05 Å². The van der Waals surface area contributed by atoms with E-state index in [0.717, 1.165) is 43.4 Å². The molecule has 22 heavy (non-hydrogen) atoms. The first kappa shape index (κ1) is 15.1. The van der Waals surface area contributed by atoms with Crippen molar-refractivity contribution in [3.63, 3.8) is 0 Å². The van der Waals surface area contributed by atoms with E-state index in [0.29, 0.717) is 30.4 Å². The number of nitrogens with one attached hydrogen (secondary N) is 2. The summed E-state index contributed by atoms with van der Waals surface area (Å²) in [5.74, 6) is 3.58. The van der Waals surface area contributed by atoms with Gasteiger partial charge in [0.2, 0.25) is 11.7 Å². The van der Waals surface area contributed by atoms with Gasteiger partial charge in [0.1, 0.15) is 0 Å². The zero-order chi connectivity index (χ0) is 15.7. The van der Waals surface area contributed by atoms with Gasteiger partial charge < -0.3 is 26.0 Å². The molecule has 4 N–H and O–H groups in total. The van der Waals surface area contributed by atoms with E-state index in [1.54, 1.807) is 0 Å². The summed E-state index contributed by atoms with van der Waals surface area (Å²) < 4.78 is 6.08. The lowest BCUT2D eigenvalue weighted by Gasteiger charge is -2.22. The molecule has 2 atom stereocenters. The van der Waals surface area contributed by atoms with Crippen molar-refractivity contribution in [2.75, 3.05) is 49.2 Å². The number of fused-ring (bicyclic) bond motifs is 1. The van der Waals surface area contributed by atoms with Gasteiger partial charge in [-0.1, -0.05) is 13.8 Å². The summed E-state index contributed by atoms with van der Waals surface area (Å²) in [5.41, 5.74) is 5.90. The largest absolute Gasteiger partial charge is 0.486 e. The van der Waals surface area contributed by atoms with E-state index < -0.39 is 0 Å². The monoisotopic (exact) mass is 306 g/mol. The van der Waals surface area contributed by atoms with Crippen molar-refractivity contribution in [1.82, 2.24) is 15.3 Å². The molecule has 0 spiro atoms. The van der Waals surface area contributed by atoms with Gasteiger partial charge in [0.25, 0.3) is 0 Å². The highest BCUT2D eigenvalue weighted by Crippen LogP contribution is 2.37. The summed E-state index contributed by atoms with van der Waals surface area (Å²) in [7, 11) is 1.99. The van der Waals surface area contributed by atoms with Crippen LogP contribution < -0.4 is 26.0 Å². The van der Waals surface area contributed by atoms with Crippen LogP contribution >= 0.6 is 0 Å². The van der Waals surface area contributed by atoms with Gasteiger partial charge in [-0.2, -0.15) is 9.97 Å². The molecule has 0 radical (unpaired) electrons. The molecule has 3 heterocycles. The molecule has 1 aromatic heterocycles. The lowest BCUT2D eigenvalue weighted by molar-refractivity contribution is 0.226. The number of nitrogens with two attached hydrogens (primary N) is 1. The third kappa shape index (κ3) is 2.90. The maximum atomic E-state index is 6.08. The molecule has 3 rings (SSSR count). The van der Waals surface area contributed by atoms with Crippen molar-refractivity contribution in [2.45, 2.75) is 26.3 Å². The van der Waals surface area contributed by atoms with Gasteiger partial charge in [-0.25, -0.2) is 0 Å². The first-order chi connectivity index (χ1) is 10.6. The number of hydrogen-bond donors (Lipinski definition) is 3. The highest BCUT2D eigenvalue weighted by Gasteiger charge is 2.29. The van der Waals surface area contributed by atoms with Crippen molar-refractivity contribution in [3.8, 4) is 5.75 Å². The molecule has 1 saturated heterocycles. The van der Waals surface area contributed by atoms with E-state index in [4.69, 9.17) is 10.5 Å². The number of nitrogen functional groups attached to an aromatic ring is 1. The maximum Gasteiger partial charge on any atom is 0.224 e. The third-order valence-corrected chi connectivity index (χ3v) is 4.68. The first-order valence-corrected chi connectivity index (χ1v) is 8.05. The average Bonchev–Trinajstić information content (AvgIpc) is 2.86. The predicted octanol–water partition coefficient (Wildman–Crippen LogP) is 0.933. The molecule has 122 valence electrons. The van der Waals surface area contributed by atoms with Crippen molar-refractivity contribution in [2.24, 2.45) is 11.8 Å². The van der Waals surface area contributed by atoms with Crippen LogP contribution in [0.25, 0.3) is 0 Å². The molecule has 7 nitrogen and oxygen atoms in total. The van der Waals surface area contributed by atoms with Crippen LogP contribution in [0, 0.1) is 11.8 Å². The smallest absolute Gasteiger partial charge is 0.224 e. The maximum absolute atomic E-state index is 6.08. The molecule has 1 fully saturated rings. The molecule has 2 aliphatic heterocycles. The van der Waals surface area contributed by atoms with Crippen molar-refractivity contribution < 1.29 is 4.74 Å². The van der Waals surface area contributed by atoms with E-state index in [2.05, 4.69) is 39.3 Å². The van der Waals surface area contributed by atoms with Crippen LogP contribution in [0.5, 0.6) is 5.75 Å². The van der Waals surface area contributed by atoms with Crippen LogP contribution in [0.3, 0.4) is 0 Å². The Morgan fingerprint density at radius 2 is 2.23 bits per heavy atom. The summed E-state index contributed by atoms with van der Waals surface area (Å²) in [6.07, 6.45) is 1.09. The van der Waals surface area contributed by atoms with Crippen LogP contribution in [-0.4, -0.2) is 49.3 Å². The summed E-state index contributed by atoms with van der Waals surface area (Å²) in [5, 5.41) is 6.71. The first-order valence-electron chi connectivity index (χ1n) is 8.05. The normalized spacial score (nSPS) is 24.6. The number of ether oxygens (including phenoxy) is 1. The fourth-order valence-corrected chi connectivity index (χ4v) is 3.02. The zero-order valence-corrected chi connectivity index (χ0v) is 13.6. The second kappa shape index (κ2) is 6.16. The molecule has 0 aromatic carbocycles. The third-order valence-electron chi connectivity index (χ3n) is 4.68. The lowest BCUT2D eigenvalue weighted by Crippen LogP contribution is -2.30. The van der Waals surface area contributed by atoms with Crippen LogP contribution in [0.15, 0.2) is 0 Å². The minimum atomic E-state index is 0.292. The van der Waals surface area contributed by atoms with Gasteiger partial charge in [-0.3, -0.25) is 0 Å². The molecule has 7 heteroatoms. The Balaban J connectivity index is 1.88. The fraction of sp³-hybridized carbons (Fsp3) is 0.733. The number of nitrogens with zero attached hydrogens (tertiary/aromatic N) is 3. The number of aromatic nitrogens is 2. The fourth-order valence-electron chi connectivity index (χ4n) is 3.02. The Morgan fingerprint density at radius 3 is 2.91 bits per heavy atom. The van der Waals surface area contributed by atoms with Crippen LogP contribution in [0.1, 0.15) is 20.3 Å². The molecule has 1 unspecified atom stereocenters. The Bertz CT molecular complexity index is 535. The summed E-state index contributed by atoms with van der Waals surface area (Å²) in [6.45, 7) is 7.82. The standard InChI is InChI=1S/C15H26N6O/c1-9(2)10-6-18-13-12(22-8-10)14(20-15(16)19-13)21-5-4-11(7-21)17-3/h9-11,17H,4-8H2,1-3H3,(H3,16,18,19,20)/t10?,11-/m1/s1. The second-order valence-electron chi connectivity index (χ2n) is 6.50. The number of rotatable bonds is 3. The van der Waals surface area contributed by atoms with E-state index >= 15 is 0 Å². The number of anilines is 3. The van der Waals surface area contributed by atoms with E-state index in [1.165, 1.54) is 0 Å². The molecule has 0 aliphatic carbocycles. The predicted molar refractivity (Wildman–Crippen MR) is 88.4 cm³/mol. The van der Waals surface area contributed by atoms with Crippen molar-refractivity contribution in [3.05, 3.63) is 0 Å². The Hall–Kier alpha value is -1.76. The minimum absolute atomic E-state index is 0.292. The Kier molecular flexibility index (Phi) is 4.24. The molecule has 0 saturated carbocycles. The average molecular weight is 306 g/mol. The van der Waals surface area contributed by atoms with E-state index in [9.17, 15) is 0 Å². The van der Waals surface area contributed by atoms with Gasteiger partial charge in [-0.15, -0.1) is 0 Å². The van der Waals surface area contributed by atoms with Gasteiger partial charge in [-0.05, 0) is 19.4 Å². The van der Waals surface area contributed by atoms with Crippen molar-refractivity contribution >= 4 is 17.6 Å². The summed E-state index contributed by atoms with van der Waals surface area (Å²) >= 11 is 0. The lowest BCUT2D eigenvalue weighted by atomic mass is 9.97. The molecule has 0 bridgehead atoms. The van der Waals surface area contributed by atoms with E-state index in [-0.39, 0.29) is 0 Å². The van der Waals surface area contributed by atoms with Crippen LogP contribution in [0.2, 0.25) is 0 Å². The van der Waals surface area contributed by atoms with Gasteiger partial charge in [0, 0.05) is 31.6 Å². The zero-order valence-electron chi connectivity index (χ0n) is 13.6. The van der Waals surface area contributed by atoms with Crippen molar-refractivity contribution in [1.29, 1.82) is 0 Å². The minimum Gasteiger partial charge on any atom is -0.486 e. The molecule has 0 amide bonds. The number of likely N-dealkylation sites (N-methyl/N-ethyl adjacent to an activating group) is 1. The van der Waals surface area contributed by atoms with Gasteiger partial charge in [0.05, 0.1) is 6.61 Å². The number of hydrogen-bond acceptors (Lipinski definition) is 7. The topological polar surface area (TPSA) is 88.3 Å².